The van der Waals surface area contributed by atoms with Gasteiger partial charge >= 0.3 is 5.97 Å². The van der Waals surface area contributed by atoms with E-state index < -0.39 is 24.3 Å². The van der Waals surface area contributed by atoms with E-state index in [0.29, 0.717) is 12.4 Å². The molecule has 148 valence electrons. The van der Waals surface area contributed by atoms with Crippen molar-refractivity contribution in [2.75, 3.05) is 11.9 Å². The van der Waals surface area contributed by atoms with Crippen LogP contribution in [0.25, 0.3) is 0 Å². The molecule has 3 aromatic rings. The van der Waals surface area contributed by atoms with Crippen LogP contribution in [0.2, 0.25) is 0 Å². The molecule has 3 rings (SSSR count). The van der Waals surface area contributed by atoms with Crippen LogP contribution in [0.3, 0.4) is 0 Å². The van der Waals surface area contributed by atoms with Crippen molar-refractivity contribution in [1.82, 2.24) is 0 Å². The number of nitrogens with one attached hydrogen (secondary N) is 1. The number of para-hydroxylation sites is 1. The van der Waals surface area contributed by atoms with Crippen LogP contribution in [-0.4, -0.2) is 18.5 Å². The van der Waals surface area contributed by atoms with Crippen LogP contribution in [0, 0.1) is 12.7 Å². The molecule has 0 aromatic heterocycles. The summed E-state index contributed by atoms with van der Waals surface area (Å²) in [6.07, 6.45) is 0. The van der Waals surface area contributed by atoms with Crippen LogP contribution < -0.4 is 10.1 Å². The van der Waals surface area contributed by atoms with Gasteiger partial charge in [0.1, 0.15) is 23.7 Å². The predicted molar refractivity (Wildman–Crippen MR) is 107 cm³/mol. The number of esters is 1. The Morgan fingerprint density at radius 1 is 0.966 bits per heavy atom. The maximum atomic E-state index is 13.2. The first-order chi connectivity index (χ1) is 14.0. The smallest absolute Gasteiger partial charge is 0.342 e. The third-order valence-corrected chi connectivity index (χ3v) is 4.03. The molecular formula is C23H20FNO4. The topological polar surface area (TPSA) is 64.6 Å². The Balaban J connectivity index is 1.58. The van der Waals surface area contributed by atoms with Gasteiger partial charge in [0.15, 0.2) is 6.61 Å². The van der Waals surface area contributed by atoms with Gasteiger partial charge in [-0.2, -0.15) is 0 Å². The van der Waals surface area contributed by atoms with Gasteiger partial charge in [0.2, 0.25) is 0 Å². The molecule has 0 radical (unpaired) electrons. The molecule has 1 N–H and O–H groups in total. The minimum absolute atomic E-state index is 0.221. The number of hydrogen-bond donors (Lipinski definition) is 1. The van der Waals surface area contributed by atoms with Crippen molar-refractivity contribution in [2.24, 2.45) is 0 Å². The lowest BCUT2D eigenvalue weighted by Crippen LogP contribution is -2.21. The second-order valence-electron chi connectivity index (χ2n) is 6.41. The monoisotopic (exact) mass is 393 g/mol. The molecule has 0 fully saturated rings. The summed E-state index contributed by atoms with van der Waals surface area (Å²) in [6.45, 7) is 1.79. The van der Waals surface area contributed by atoms with E-state index in [0.717, 1.165) is 11.1 Å². The average Bonchev–Trinajstić information content (AvgIpc) is 2.71. The number of halogens is 1. The van der Waals surface area contributed by atoms with E-state index in [9.17, 15) is 14.0 Å². The van der Waals surface area contributed by atoms with Crippen molar-refractivity contribution in [2.45, 2.75) is 13.5 Å². The molecule has 0 saturated heterocycles. The predicted octanol–water partition coefficient (Wildman–Crippen LogP) is 4.51. The Kier molecular flexibility index (Phi) is 6.58. The highest BCUT2D eigenvalue weighted by molar-refractivity contribution is 5.96. The van der Waals surface area contributed by atoms with Crippen molar-refractivity contribution in [3.63, 3.8) is 0 Å². The number of benzene rings is 3. The standard InChI is InChI=1S/C23H20FNO4/c1-16-6-4-7-17(12-16)14-28-21-11-3-2-10-20(21)23(27)29-15-22(26)25-19-9-5-8-18(24)13-19/h2-13H,14-15H2,1H3,(H,25,26). The minimum Gasteiger partial charge on any atom is -0.488 e. The van der Waals surface area contributed by atoms with Gasteiger partial charge in [-0.15, -0.1) is 0 Å². The largest absolute Gasteiger partial charge is 0.488 e. The zero-order valence-electron chi connectivity index (χ0n) is 15.9. The fraction of sp³-hybridized carbons (Fsp3) is 0.130. The Hall–Kier alpha value is -3.67. The number of carbonyl (C=O) groups is 2. The summed E-state index contributed by atoms with van der Waals surface area (Å²) in [5, 5.41) is 2.47. The highest BCUT2D eigenvalue weighted by Crippen LogP contribution is 2.21. The third kappa shape index (κ3) is 5.90. The van der Waals surface area contributed by atoms with Crippen molar-refractivity contribution >= 4 is 17.6 Å². The first-order valence-electron chi connectivity index (χ1n) is 9.01. The molecule has 5 nitrogen and oxygen atoms in total. The summed E-state index contributed by atoms with van der Waals surface area (Å²) in [5.41, 5.74) is 2.59. The van der Waals surface area contributed by atoms with E-state index in [1.807, 2.05) is 31.2 Å². The van der Waals surface area contributed by atoms with E-state index in [2.05, 4.69) is 5.32 Å². The Labute approximate surface area is 168 Å². The molecular weight excluding hydrogens is 373 g/mol. The number of aryl methyl sites for hydroxylation is 1. The van der Waals surface area contributed by atoms with Crippen molar-refractivity contribution in [1.29, 1.82) is 0 Å². The molecule has 0 atom stereocenters. The molecule has 0 aliphatic carbocycles. The number of anilines is 1. The van der Waals surface area contributed by atoms with E-state index in [1.165, 1.54) is 24.3 Å². The van der Waals surface area contributed by atoms with Gasteiger partial charge in [-0.05, 0) is 42.8 Å². The summed E-state index contributed by atoms with van der Waals surface area (Å²) >= 11 is 0. The molecule has 0 bridgehead atoms. The van der Waals surface area contributed by atoms with Crippen LogP contribution in [0.15, 0.2) is 72.8 Å². The number of ether oxygens (including phenoxy) is 2. The van der Waals surface area contributed by atoms with Crippen LogP contribution in [0.4, 0.5) is 10.1 Å². The molecule has 0 unspecified atom stereocenters. The summed E-state index contributed by atoms with van der Waals surface area (Å²) in [5.74, 6) is -1.36. The highest BCUT2D eigenvalue weighted by Gasteiger charge is 2.15. The van der Waals surface area contributed by atoms with Gasteiger partial charge in [-0.3, -0.25) is 4.79 Å². The van der Waals surface area contributed by atoms with Crippen molar-refractivity contribution in [3.05, 3.63) is 95.3 Å². The van der Waals surface area contributed by atoms with Crippen LogP contribution in [-0.2, 0) is 16.1 Å². The van der Waals surface area contributed by atoms with Crippen LogP contribution in [0.1, 0.15) is 21.5 Å². The fourth-order valence-corrected chi connectivity index (χ4v) is 2.70. The molecule has 6 heteroatoms. The molecule has 0 heterocycles. The molecule has 0 spiro atoms. The van der Waals surface area contributed by atoms with Crippen LogP contribution >= 0.6 is 0 Å². The molecule has 29 heavy (non-hydrogen) atoms. The molecule has 0 aliphatic rings. The zero-order valence-corrected chi connectivity index (χ0v) is 15.9. The maximum Gasteiger partial charge on any atom is 0.342 e. The number of carbonyl (C=O) groups excluding carboxylic acids is 2. The summed E-state index contributed by atoms with van der Waals surface area (Å²) in [4.78, 5) is 24.3. The summed E-state index contributed by atoms with van der Waals surface area (Å²) in [7, 11) is 0. The molecule has 3 aromatic carbocycles. The lowest BCUT2D eigenvalue weighted by atomic mass is 10.1. The highest BCUT2D eigenvalue weighted by atomic mass is 19.1. The van der Waals surface area contributed by atoms with Crippen molar-refractivity contribution in [3.8, 4) is 5.75 Å². The number of hydrogen-bond acceptors (Lipinski definition) is 4. The number of amides is 1. The quantitative estimate of drug-likeness (QED) is 0.600. The Morgan fingerprint density at radius 3 is 2.55 bits per heavy atom. The van der Waals surface area contributed by atoms with Gasteiger partial charge in [-0.25, -0.2) is 9.18 Å². The molecule has 0 aliphatic heterocycles. The second-order valence-corrected chi connectivity index (χ2v) is 6.41. The maximum absolute atomic E-state index is 13.2. The van der Waals surface area contributed by atoms with Gasteiger partial charge in [-0.1, -0.05) is 48.0 Å². The minimum atomic E-state index is -0.681. The van der Waals surface area contributed by atoms with Gasteiger partial charge in [0.05, 0.1) is 0 Å². The Bertz CT molecular complexity index is 1020. The number of rotatable bonds is 7. The first-order valence-corrected chi connectivity index (χ1v) is 9.01. The van der Waals surface area contributed by atoms with Crippen LogP contribution in [0.5, 0.6) is 5.75 Å². The average molecular weight is 393 g/mol. The van der Waals surface area contributed by atoms with E-state index in [4.69, 9.17) is 9.47 Å². The van der Waals surface area contributed by atoms with E-state index in [-0.39, 0.29) is 11.3 Å². The second kappa shape index (κ2) is 9.50. The Morgan fingerprint density at radius 2 is 1.76 bits per heavy atom. The van der Waals surface area contributed by atoms with Crippen molar-refractivity contribution < 1.29 is 23.5 Å². The zero-order chi connectivity index (χ0) is 20.6. The fourth-order valence-electron chi connectivity index (χ4n) is 2.70. The SMILES string of the molecule is Cc1cccc(COc2ccccc2C(=O)OCC(=O)Nc2cccc(F)c2)c1. The molecule has 0 saturated carbocycles. The third-order valence-electron chi connectivity index (χ3n) is 4.03. The van der Waals surface area contributed by atoms with Gasteiger partial charge < -0.3 is 14.8 Å². The van der Waals surface area contributed by atoms with Gasteiger partial charge in [0, 0.05) is 5.69 Å². The summed E-state index contributed by atoms with van der Waals surface area (Å²) in [6, 6.07) is 20.0. The normalized spacial score (nSPS) is 10.3. The lowest BCUT2D eigenvalue weighted by Gasteiger charge is -2.12. The van der Waals surface area contributed by atoms with Gasteiger partial charge in [0.25, 0.3) is 5.91 Å². The summed E-state index contributed by atoms with van der Waals surface area (Å²) < 4.78 is 24.0. The lowest BCUT2D eigenvalue weighted by molar-refractivity contribution is -0.119. The van der Waals surface area contributed by atoms with E-state index >= 15 is 0 Å². The molecule has 1 amide bonds. The van der Waals surface area contributed by atoms with E-state index in [1.54, 1.807) is 24.3 Å². The first kappa shape index (κ1) is 20.1.